The van der Waals surface area contributed by atoms with Gasteiger partial charge in [0.15, 0.2) is 0 Å². The molecule has 3 rings (SSSR count). The van der Waals surface area contributed by atoms with Crippen LogP contribution in [0.25, 0.3) is 0 Å². The SMILES string of the molecule is CC[C@H](C)[C@H](NC(=O)[C@@H]1CCCN1)C(=O)N[C@@H](CS)C(=O)N[C@H](C(=O)N[C@@H](Cc1ccc(O)cc1)C(=O)N[C@@H](CO)C(=O)N[C@H](C(=O)N1CCC[C@H]1[C]=O)[C@@H](C)CC)[C@@H](C)O. The van der Waals surface area contributed by atoms with E-state index in [9.17, 15) is 53.7 Å². The van der Waals surface area contributed by atoms with Gasteiger partial charge >= 0.3 is 0 Å². The lowest BCUT2D eigenvalue weighted by Crippen LogP contribution is -2.63. The Morgan fingerprint density at radius 3 is 1.89 bits per heavy atom. The molecule has 0 bridgehead atoms. The maximum Gasteiger partial charge on any atom is 0.246 e. The highest BCUT2D eigenvalue weighted by Gasteiger charge is 2.39. The molecule has 2 aliphatic rings. The molecular formula is C41H63N8O11S. The molecule has 0 saturated carbocycles. The topological polar surface area (TPSA) is 285 Å². The summed E-state index contributed by atoms with van der Waals surface area (Å²) in [5, 5.41) is 49.2. The number of likely N-dealkylation sites (tertiary alicyclic amines) is 1. The number of carbonyl (C=O) groups is 7. The van der Waals surface area contributed by atoms with Crippen molar-refractivity contribution in [1.29, 1.82) is 0 Å². The van der Waals surface area contributed by atoms with Gasteiger partial charge in [0.05, 0.1) is 24.8 Å². The predicted molar refractivity (Wildman–Crippen MR) is 226 cm³/mol. The summed E-state index contributed by atoms with van der Waals surface area (Å²) in [7, 11) is 0. The monoisotopic (exact) mass is 875 g/mol. The van der Waals surface area contributed by atoms with Crippen LogP contribution in [0.15, 0.2) is 24.3 Å². The molecule has 61 heavy (non-hydrogen) atoms. The lowest BCUT2D eigenvalue weighted by molar-refractivity contribution is -0.139. The van der Waals surface area contributed by atoms with E-state index in [1.54, 1.807) is 13.8 Å². The van der Waals surface area contributed by atoms with Gasteiger partial charge in [-0.25, -0.2) is 0 Å². The standard InChI is InChI=1S/C41H63N8O11S/c1-6-22(3)32(46-35(54)28-11-8-16-42-28)39(58)45-31(21-61)38(57)48-34(24(5)52)40(59)43-29(18-25-12-14-27(53)15-13-25)36(55)44-30(20-51)37(56)47-33(23(4)7-2)41(60)49-17-9-10-26(49)19-50/h12-15,22-24,26,28-34,42,51-53,61H,6-11,16-18,20-21H2,1-5H3,(H,43,59)(H,44,55)(H,45,58)(H,46,54)(H,47,56)(H,48,57)/t22-,23-,24+,26-,28-,29-,30-,31-,32-,33-,34-/m0/s1. The van der Waals surface area contributed by atoms with E-state index in [1.807, 2.05) is 20.1 Å². The molecule has 11 atom stereocenters. The molecule has 10 N–H and O–H groups in total. The summed E-state index contributed by atoms with van der Waals surface area (Å²) < 4.78 is 0. The fraction of sp³-hybridized carbons (Fsp3) is 0.659. The number of rotatable bonds is 23. The van der Waals surface area contributed by atoms with Crippen molar-refractivity contribution in [3.63, 3.8) is 0 Å². The Hall–Kier alpha value is -4.79. The molecule has 20 heteroatoms. The van der Waals surface area contributed by atoms with E-state index in [0.717, 1.165) is 6.42 Å². The lowest BCUT2D eigenvalue weighted by Gasteiger charge is -2.31. The Morgan fingerprint density at radius 2 is 1.33 bits per heavy atom. The van der Waals surface area contributed by atoms with Crippen LogP contribution < -0.4 is 37.2 Å². The van der Waals surface area contributed by atoms with E-state index in [0.29, 0.717) is 50.8 Å². The summed E-state index contributed by atoms with van der Waals surface area (Å²) in [4.78, 5) is 108. The first-order chi connectivity index (χ1) is 29.0. The minimum Gasteiger partial charge on any atom is -0.508 e. The number of aromatic hydroxyl groups is 1. The first kappa shape index (κ1) is 50.6. The molecule has 2 saturated heterocycles. The number of hydrogen-bond acceptors (Lipinski definition) is 13. The van der Waals surface area contributed by atoms with Crippen molar-refractivity contribution in [3.05, 3.63) is 29.8 Å². The zero-order valence-corrected chi connectivity index (χ0v) is 36.3. The molecule has 1 aromatic rings. The van der Waals surface area contributed by atoms with Crippen LogP contribution in [-0.4, -0.2) is 148 Å². The molecule has 2 heterocycles. The van der Waals surface area contributed by atoms with Gasteiger partial charge in [0.2, 0.25) is 47.6 Å². The second-order valence-electron chi connectivity index (χ2n) is 15.8. The van der Waals surface area contributed by atoms with Gasteiger partial charge in [0.25, 0.3) is 0 Å². The molecule has 1 aromatic carbocycles. The van der Waals surface area contributed by atoms with Gasteiger partial charge in [0.1, 0.15) is 42.0 Å². The zero-order chi connectivity index (χ0) is 45.4. The van der Waals surface area contributed by atoms with Crippen molar-refractivity contribution in [2.24, 2.45) is 11.8 Å². The summed E-state index contributed by atoms with van der Waals surface area (Å²) in [5.41, 5.74) is 0.444. The van der Waals surface area contributed by atoms with Crippen molar-refractivity contribution in [1.82, 2.24) is 42.1 Å². The molecular weight excluding hydrogens is 813 g/mol. The second kappa shape index (κ2) is 24.6. The number of carbonyl (C=O) groups excluding carboxylic acids is 8. The van der Waals surface area contributed by atoms with Gasteiger partial charge in [-0.15, -0.1) is 0 Å². The maximum atomic E-state index is 13.9. The molecule has 0 spiro atoms. The number of hydrogen-bond donors (Lipinski definition) is 11. The number of nitrogens with zero attached hydrogens (tertiary/aromatic N) is 1. The summed E-state index contributed by atoms with van der Waals surface area (Å²) in [6, 6.07) is -3.74. The average Bonchev–Trinajstić information content (AvgIpc) is 3.97. The van der Waals surface area contributed by atoms with Crippen molar-refractivity contribution < 1.29 is 53.7 Å². The number of aliphatic hydroxyl groups excluding tert-OH is 2. The van der Waals surface area contributed by atoms with Gasteiger partial charge < -0.3 is 57.4 Å². The summed E-state index contributed by atoms with van der Waals surface area (Å²) in [5.74, 6) is -6.31. The molecule has 0 unspecified atom stereocenters. The van der Waals surface area contributed by atoms with Crippen LogP contribution in [0.4, 0.5) is 0 Å². The quantitative estimate of drug-likeness (QED) is 0.0538. The van der Waals surface area contributed by atoms with Gasteiger partial charge in [-0.2, -0.15) is 12.6 Å². The van der Waals surface area contributed by atoms with E-state index in [2.05, 4.69) is 49.8 Å². The fourth-order valence-electron chi connectivity index (χ4n) is 7.05. The average molecular weight is 876 g/mol. The maximum absolute atomic E-state index is 13.9. The highest BCUT2D eigenvalue weighted by molar-refractivity contribution is 7.80. The number of nitrogens with one attached hydrogen (secondary N) is 7. The Bertz CT molecular complexity index is 1680. The second-order valence-corrected chi connectivity index (χ2v) is 16.2. The first-order valence-corrected chi connectivity index (χ1v) is 21.5. The van der Waals surface area contributed by atoms with Crippen LogP contribution in [0, 0.1) is 11.8 Å². The third-order valence-corrected chi connectivity index (χ3v) is 11.7. The van der Waals surface area contributed by atoms with Crippen molar-refractivity contribution in [2.75, 3.05) is 25.4 Å². The molecule has 19 nitrogen and oxygen atoms in total. The minimum absolute atomic E-state index is 0.0751. The molecule has 1 radical (unpaired) electrons. The lowest BCUT2D eigenvalue weighted by atomic mass is 9.97. The zero-order valence-electron chi connectivity index (χ0n) is 35.4. The fourth-order valence-corrected chi connectivity index (χ4v) is 7.31. The normalized spacial score (nSPS) is 20.6. The molecule has 0 aromatic heterocycles. The van der Waals surface area contributed by atoms with E-state index < -0.39 is 102 Å². The van der Waals surface area contributed by atoms with Crippen molar-refractivity contribution >= 4 is 60.3 Å². The predicted octanol–water partition coefficient (Wildman–Crippen LogP) is -1.91. The van der Waals surface area contributed by atoms with Crippen LogP contribution in [-0.2, 0) is 44.8 Å². The van der Waals surface area contributed by atoms with E-state index >= 15 is 0 Å². The van der Waals surface area contributed by atoms with E-state index in [1.165, 1.54) is 36.1 Å². The van der Waals surface area contributed by atoms with Crippen LogP contribution in [0.2, 0.25) is 0 Å². The number of benzene rings is 1. The number of phenolic OH excluding ortho intramolecular Hbond substituents is 1. The summed E-state index contributed by atoms with van der Waals surface area (Å²) in [6.45, 7) is 8.45. The number of thiol groups is 1. The highest BCUT2D eigenvalue weighted by atomic mass is 32.1. The Morgan fingerprint density at radius 1 is 0.770 bits per heavy atom. The molecule has 2 fully saturated rings. The largest absolute Gasteiger partial charge is 0.508 e. The van der Waals surface area contributed by atoms with Gasteiger partial charge in [-0.1, -0.05) is 52.7 Å². The smallest absolute Gasteiger partial charge is 0.246 e. The van der Waals surface area contributed by atoms with Crippen LogP contribution >= 0.6 is 12.6 Å². The van der Waals surface area contributed by atoms with Gasteiger partial charge in [-0.3, -0.25) is 38.4 Å². The van der Waals surface area contributed by atoms with Crippen molar-refractivity contribution in [3.8, 4) is 5.75 Å². The molecule has 339 valence electrons. The number of amides is 7. The number of phenols is 1. The third-order valence-electron chi connectivity index (χ3n) is 11.3. The summed E-state index contributed by atoms with van der Waals surface area (Å²) in [6.07, 6.45) is 3.53. The van der Waals surface area contributed by atoms with E-state index in [-0.39, 0.29) is 29.7 Å². The Labute approximate surface area is 362 Å². The van der Waals surface area contributed by atoms with Crippen LogP contribution in [0.3, 0.4) is 0 Å². The highest BCUT2D eigenvalue weighted by Crippen LogP contribution is 2.20. The third kappa shape index (κ3) is 14.4. The molecule has 2 aliphatic heterocycles. The number of aliphatic hydroxyl groups is 2. The van der Waals surface area contributed by atoms with Gasteiger partial charge in [0, 0.05) is 18.7 Å². The first-order valence-electron chi connectivity index (χ1n) is 20.9. The van der Waals surface area contributed by atoms with Crippen LogP contribution in [0.1, 0.15) is 78.7 Å². The summed E-state index contributed by atoms with van der Waals surface area (Å²) >= 11 is 4.23. The van der Waals surface area contributed by atoms with Crippen LogP contribution in [0.5, 0.6) is 5.75 Å². The van der Waals surface area contributed by atoms with E-state index in [4.69, 9.17) is 0 Å². The van der Waals surface area contributed by atoms with Crippen molar-refractivity contribution in [2.45, 2.75) is 134 Å². The molecule has 0 aliphatic carbocycles. The van der Waals surface area contributed by atoms with Gasteiger partial charge in [-0.05, 0) is 68.7 Å². The minimum atomic E-state index is -1.68. The molecule has 7 amide bonds. The Balaban J connectivity index is 1.79. The Kier molecular flexibility index (Phi) is 20.4.